The van der Waals surface area contributed by atoms with Gasteiger partial charge >= 0.3 is 15.6 Å². The standard InChI is InChI=1S/C78H143N9O34P2/c1-54(92)82-67-73(104)70(101)58(51-89)119-76(67)112-43-22-8-13-27-61(95)79-33-19-5-16-30-64(98)85(36-42-88)38-47-115-122(107,108)117-49-40-87(66(100)32-18-7-21-35-81-63(97)29-15-10-24-45-114-78-69(84-56(3)94)75(106)72(103)60(53-91)121-78)41-50-118-123(109,110)116-48-39-86(37-46-111-57-25-11-4-12-26-57)65(99)31-17-6-20-34-80-62(96)28-14-9-23-44-113-77-68(83-55(2)93)74(105)71(102)59(52-90)120-77/h57-60,67-78,88-91,101-106H,4-53H2,1-3H3,(H,79,95)(H,80,96)(H,81,97)(H,82,92)(H,83,93)(H,84,94)(H,107,108)(H,109,110). The fraction of sp³-hybridized carbons (Fsp3) is 0.885. The van der Waals surface area contributed by atoms with Crippen LogP contribution in [0.4, 0.5) is 0 Å². The number of unbranched alkanes of at least 4 members (excludes halogenated alkanes) is 12. The van der Waals surface area contributed by atoms with E-state index in [0.29, 0.717) is 129 Å². The van der Waals surface area contributed by atoms with Crippen LogP contribution in [0.25, 0.3) is 0 Å². The Bertz CT molecular complexity index is 3130. The molecule has 0 spiro atoms. The molecule has 1 saturated carbocycles. The van der Waals surface area contributed by atoms with Crippen LogP contribution in [-0.2, 0) is 104 Å². The van der Waals surface area contributed by atoms with E-state index in [2.05, 4.69) is 31.9 Å². The molecule has 17 unspecified atom stereocenters. The molecule has 9 amide bonds. The number of aliphatic hydroxyl groups excluding tert-OH is 10. The minimum absolute atomic E-state index is 0.0386. The lowest BCUT2D eigenvalue weighted by atomic mass is 9.97. The van der Waals surface area contributed by atoms with Crippen LogP contribution in [0.5, 0.6) is 0 Å². The fourth-order valence-corrected chi connectivity index (χ4v) is 15.6. The van der Waals surface area contributed by atoms with Gasteiger partial charge in [-0.2, -0.15) is 0 Å². The third-order valence-electron chi connectivity index (χ3n) is 21.1. The Hall–Kier alpha value is -5.23. The molecule has 0 aromatic carbocycles. The molecule has 123 heavy (non-hydrogen) atoms. The third kappa shape index (κ3) is 45.5. The second-order valence-electron chi connectivity index (χ2n) is 31.1. The summed E-state index contributed by atoms with van der Waals surface area (Å²) in [6, 6.07) is -3.21. The number of rotatable bonds is 67. The molecule has 3 aliphatic heterocycles. The molecule has 4 fully saturated rings. The van der Waals surface area contributed by atoms with E-state index in [1.807, 2.05) is 0 Å². The van der Waals surface area contributed by atoms with Crippen LogP contribution in [0, 0.1) is 0 Å². The Morgan fingerprint density at radius 1 is 0.341 bits per heavy atom. The highest BCUT2D eigenvalue weighted by atomic mass is 31.2. The number of hydrogen-bond donors (Lipinski definition) is 18. The average Bonchev–Trinajstić information content (AvgIpc) is 0.817. The van der Waals surface area contributed by atoms with Gasteiger partial charge in [-0.1, -0.05) is 57.8 Å². The maximum Gasteiger partial charge on any atom is 0.472 e. The summed E-state index contributed by atoms with van der Waals surface area (Å²) in [5, 5.41) is 117. The molecular formula is C78H143N9O34P2. The summed E-state index contributed by atoms with van der Waals surface area (Å²) in [4.78, 5) is 139. The van der Waals surface area contributed by atoms with Crippen molar-refractivity contribution in [3.05, 3.63) is 0 Å². The molecule has 43 nitrogen and oxygen atoms in total. The minimum Gasteiger partial charge on any atom is -0.395 e. The number of nitrogens with zero attached hydrogens (tertiary/aromatic N) is 3. The molecule has 714 valence electrons. The SMILES string of the molecule is CC(=O)NC1C(OCCCCCC(=O)NCCCCCC(=O)N(CCO)CCOP(=O)(O)OCCN(CCOP(=O)(O)OCCN(CCOC2CCCCC2)C(=O)CCCCCNC(=O)CCCCCOC2OC(CO)C(O)C(O)C2NC(C)=O)C(=O)CCCCCNC(=O)CCCCCOC2OC(CO)C(O)C(O)C2NC(C)=O)OC(CO)C(O)C1O. The first-order valence-electron chi connectivity index (χ1n) is 43.5. The number of aliphatic hydroxyl groups is 10. The van der Waals surface area contributed by atoms with E-state index in [9.17, 15) is 113 Å². The monoisotopic (exact) mass is 1810 g/mol. The van der Waals surface area contributed by atoms with Crippen LogP contribution >= 0.6 is 15.6 Å². The normalized spacial score (nSPS) is 24.6. The number of phosphoric acid groups is 2. The zero-order valence-corrected chi connectivity index (χ0v) is 73.5. The number of amides is 9. The molecule has 4 aliphatic rings. The quantitative estimate of drug-likeness (QED) is 0.0248. The number of carbonyl (C=O) groups excluding carboxylic acids is 9. The van der Waals surface area contributed by atoms with Gasteiger partial charge in [-0.3, -0.25) is 61.2 Å². The molecule has 3 heterocycles. The summed E-state index contributed by atoms with van der Waals surface area (Å²) in [7, 11) is -9.71. The second-order valence-corrected chi connectivity index (χ2v) is 34.0. The van der Waals surface area contributed by atoms with Crippen LogP contribution in [0.1, 0.15) is 207 Å². The summed E-state index contributed by atoms with van der Waals surface area (Å²) in [5.41, 5.74) is 0. The number of nitrogens with one attached hydrogen (secondary N) is 6. The fourth-order valence-electron chi connectivity index (χ4n) is 14.2. The average molecular weight is 1810 g/mol. The predicted molar refractivity (Wildman–Crippen MR) is 437 cm³/mol. The van der Waals surface area contributed by atoms with Gasteiger partial charge in [-0.25, -0.2) is 9.13 Å². The van der Waals surface area contributed by atoms with E-state index in [1.54, 1.807) is 0 Å². The van der Waals surface area contributed by atoms with E-state index in [0.717, 1.165) is 32.1 Å². The van der Waals surface area contributed by atoms with Crippen LogP contribution in [0.15, 0.2) is 0 Å². The van der Waals surface area contributed by atoms with Gasteiger partial charge in [0, 0.05) is 138 Å². The zero-order valence-electron chi connectivity index (χ0n) is 71.7. The number of hydrogen-bond acceptors (Lipinski definition) is 32. The van der Waals surface area contributed by atoms with Gasteiger partial charge in [-0.05, 0) is 89.9 Å². The molecule has 1 aliphatic carbocycles. The van der Waals surface area contributed by atoms with Crippen LogP contribution < -0.4 is 31.9 Å². The molecular weight excluding hydrogens is 1670 g/mol. The van der Waals surface area contributed by atoms with Crippen LogP contribution in [0.3, 0.4) is 0 Å². The first-order valence-corrected chi connectivity index (χ1v) is 46.5. The van der Waals surface area contributed by atoms with Crippen molar-refractivity contribution in [3.63, 3.8) is 0 Å². The summed E-state index contributed by atoms with van der Waals surface area (Å²) in [6.45, 7) is 0.192. The van der Waals surface area contributed by atoms with E-state index in [1.165, 1.54) is 35.5 Å². The smallest absolute Gasteiger partial charge is 0.395 e. The first-order chi connectivity index (χ1) is 58.8. The molecule has 18 N–H and O–H groups in total. The maximum atomic E-state index is 13.8. The Balaban J connectivity index is 1.22. The lowest BCUT2D eigenvalue weighted by Crippen LogP contribution is -2.64. The summed E-state index contributed by atoms with van der Waals surface area (Å²) in [5.74, 6) is -3.13. The van der Waals surface area contributed by atoms with Gasteiger partial charge < -0.3 is 141 Å². The molecule has 0 bridgehead atoms. The number of carbonyl (C=O) groups is 9. The minimum atomic E-state index is -4.86. The van der Waals surface area contributed by atoms with Gasteiger partial charge in [0.25, 0.3) is 0 Å². The predicted octanol–water partition coefficient (Wildman–Crippen LogP) is -1.33. The number of ether oxygens (including phenoxy) is 7. The molecule has 0 aromatic rings. The van der Waals surface area contributed by atoms with Gasteiger partial charge in [0.15, 0.2) is 18.9 Å². The first kappa shape index (κ1) is 110. The highest BCUT2D eigenvalue weighted by Gasteiger charge is 2.48. The second kappa shape index (κ2) is 62.9. The number of phosphoric ester groups is 2. The van der Waals surface area contributed by atoms with Gasteiger partial charge in [0.1, 0.15) is 73.1 Å². The Morgan fingerprint density at radius 3 is 0.902 bits per heavy atom. The van der Waals surface area contributed by atoms with Gasteiger partial charge in [0.05, 0.1) is 65.6 Å². The van der Waals surface area contributed by atoms with Crippen molar-refractivity contribution in [1.82, 2.24) is 46.6 Å². The Labute approximate surface area is 720 Å². The lowest BCUT2D eigenvalue weighted by Gasteiger charge is -2.42. The molecule has 0 aromatic heterocycles. The van der Waals surface area contributed by atoms with E-state index in [-0.39, 0.29) is 146 Å². The molecule has 45 heteroatoms. The van der Waals surface area contributed by atoms with Crippen molar-refractivity contribution >= 4 is 68.8 Å². The molecule has 17 atom stereocenters. The summed E-state index contributed by atoms with van der Waals surface area (Å²) >= 11 is 0. The maximum absolute atomic E-state index is 13.8. The van der Waals surface area contributed by atoms with E-state index in [4.69, 9.17) is 51.3 Å². The third-order valence-corrected chi connectivity index (χ3v) is 23.1. The lowest BCUT2D eigenvalue weighted by molar-refractivity contribution is -0.270. The van der Waals surface area contributed by atoms with Crippen molar-refractivity contribution in [2.75, 3.05) is 138 Å². The van der Waals surface area contributed by atoms with Crippen molar-refractivity contribution in [2.45, 2.75) is 305 Å². The van der Waals surface area contributed by atoms with Gasteiger partial charge in [0.2, 0.25) is 53.2 Å². The van der Waals surface area contributed by atoms with Crippen molar-refractivity contribution < 1.29 is 164 Å². The highest BCUT2D eigenvalue weighted by Crippen LogP contribution is 2.44. The largest absolute Gasteiger partial charge is 0.472 e. The van der Waals surface area contributed by atoms with Crippen molar-refractivity contribution in [1.29, 1.82) is 0 Å². The van der Waals surface area contributed by atoms with Crippen LogP contribution in [0.2, 0.25) is 0 Å². The summed E-state index contributed by atoms with van der Waals surface area (Å²) in [6.07, 6.45) is -0.361. The van der Waals surface area contributed by atoms with Crippen molar-refractivity contribution in [2.24, 2.45) is 0 Å². The Kier molecular flexibility index (Phi) is 56.3. The van der Waals surface area contributed by atoms with E-state index >= 15 is 0 Å². The highest BCUT2D eigenvalue weighted by molar-refractivity contribution is 7.47. The van der Waals surface area contributed by atoms with Crippen LogP contribution in [-0.4, -0.2) is 365 Å². The van der Waals surface area contributed by atoms with E-state index < -0.39 is 184 Å². The van der Waals surface area contributed by atoms with Gasteiger partial charge in [-0.15, -0.1) is 0 Å². The van der Waals surface area contributed by atoms with Crippen molar-refractivity contribution in [3.8, 4) is 0 Å². The topological polar surface area (TPSA) is 614 Å². The Morgan fingerprint density at radius 2 is 0.618 bits per heavy atom. The molecule has 0 radical (unpaired) electrons. The molecule has 3 saturated heterocycles. The molecule has 4 rings (SSSR count). The zero-order chi connectivity index (χ0) is 90.5. The summed E-state index contributed by atoms with van der Waals surface area (Å²) < 4.78 is 87.7.